The first-order valence-corrected chi connectivity index (χ1v) is 7.28. The van der Waals surface area contributed by atoms with Crippen molar-refractivity contribution in [2.75, 3.05) is 6.61 Å². The lowest BCUT2D eigenvalue weighted by molar-refractivity contribution is 0.00757. The van der Waals surface area contributed by atoms with Crippen LogP contribution in [0.15, 0.2) is 48.5 Å². The van der Waals surface area contributed by atoms with Crippen LogP contribution in [0.3, 0.4) is 0 Å². The molecular weight excluding hydrogens is 264 g/mol. The molecule has 0 saturated heterocycles. The number of aryl methyl sites for hydroxylation is 1. The van der Waals surface area contributed by atoms with Crippen LogP contribution < -0.4 is 4.74 Å². The summed E-state index contributed by atoms with van der Waals surface area (Å²) in [6.07, 6.45) is 1.31. The van der Waals surface area contributed by atoms with E-state index in [0.717, 1.165) is 35.3 Å². The van der Waals surface area contributed by atoms with Crippen LogP contribution in [-0.2, 0) is 12.0 Å². The van der Waals surface area contributed by atoms with Gasteiger partial charge in [-0.2, -0.15) is 0 Å². The molecule has 1 aliphatic carbocycles. The van der Waals surface area contributed by atoms with Crippen LogP contribution in [0.2, 0.25) is 0 Å². The zero-order valence-corrected chi connectivity index (χ0v) is 12.1. The molecule has 0 fully saturated rings. The summed E-state index contributed by atoms with van der Waals surface area (Å²) in [4.78, 5) is 0. The molecule has 0 spiro atoms. The Morgan fingerprint density at radius 2 is 1.95 bits per heavy atom. The average Bonchev–Trinajstić information content (AvgIpc) is 2.87. The van der Waals surface area contributed by atoms with Gasteiger partial charge in [0.2, 0.25) is 0 Å². The minimum atomic E-state index is -1.03. The van der Waals surface area contributed by atoms with Gasteiger partial charge in [0.1, 0.15) is 18.0 Å². The number of hydrogen-bond acceptors (Lipinski definition) is 3. The number of fused-ring (bicyclic) bond motifs is 1. The van der Waals surface area contributed by atoms with Crippen LogP contribution >= 0.6 is 0 Å². The van der Waals surface area contributed by atoms with E-state index in [1.54, 1.807) is 6.92 Å². The standard InChI is InChI=1S/C18H20O3/c1-18(20,14-5-3-2-4-6-14)12-21-15-8-9-16-13(11-15)7-10-17(16)19/h2-6,8-9,11,17,19-20H,7,10,12H2,1H3. The summed E-state index contributed by atoms with van der Waals surface area (Å²) < 4.78 is 5.75. The Bertz CT molecular complexity index is 620. The summed E-state index contributed by atoms with van der Waals surface area (Å²) in [5.74, 6) is 0.735. The Hall–Kier alpha value is -1.84. The second-order valence-corrected chi connectivity index (χ2v) is 5.84. The lowest BCUT2D eigenvalue weighted by atomic mass is 9.97. The third-order valence-corrected chi connectivity index (χ3v) is 4.08. The van der Waals surface area contributed by atoms with E-state index in [9.17, 15) is 10.2 Å². The van der Waals surface area contributed by atoms with E-state index in [-0.39, 0.29) is 12.7 Å². The average molecular weight is 284 g/mol. The van der Waals surface area contributed by atoms with Gasteiger partial charge >= 0.3 is 0 Å². The van der Waals surface area contributed by atoms with Gasteiger partial charge in [0.05, 0.1) is 6.10 Å². The monoisotopic (exact) mass is 284 g/mol. The second kappa shape index (κ2) is 5.51. The van der Waals surface area contributed by atoms with E-state index < -0.39 is 5.60 Å². The van der Waals surface area contributed by atoms with Crippen molar-refractivity contribution in [3.05, 3.63) is 65.2 Å². The van der Waals surface area contributed by atoms with Crippen molar-refractivity contribution >= 4 is 0 Å². The molecular formula is C18H20O3. The van der Waals surface area contributed by atoms with Gasteiger partial charge in [-0.1, -0.05) is 36.4 Å². The fourth-order valence-electron chi connectivity index (χ4n) is 2.77. The number of rotatable bonds is 4. The fraction of sp³-hybridized carbons (Fsp3) is 0.333. The summed E-state index contributed by atoms with van der Waals surface area (Å²) in [5.41, 5.74) is 1.94. The molecule has 2 atom stereocenters. The summed E-state index contributed by atoms with van der Waals surface area (Å²) >= 11 is 0. The van der Waals surface area contributed by atoms with Crippen LogP contribution in [0.1, 0.15) is 36.1 Å². The summed E-state index contributed by atoms with van der Waals surface area (Å²) in [6, 6.07) is 15.2. The van der Waals surface area contributed by atoms with Crippen molar-refractivity contribution < 1.29 is 14.9 Å². The second-order valence-electron chi connectivity index (χ2n) is 5.84. The molecule has 3 rings (SSSR count). The van der Waals surface area contributed by atoms with Crippen molar-refractivity contribution in [2.24, 2.45) is 0 Å². The largest absolute Gasteiger partial charge is 0.490 e. The molecule has 2 aromatic carbocycles. The zero-order valence-electron chi connectivity index (χ0n) is 12.1. The maximum Gasteiger partial charge on any atom is 0.121 e. The van der Waals surface area contributed by atoms with Gasteiger partial charge in [0.15, 0.2) is 0 Å². The number of benzene rings is 2. The van der Waals surface area contributed by atoms with Gasteiger partial charge in [-0.15, -0.1) is 0 Å². The third-order valence-electron chi connectivity index (χ3n) is 4.08. The van der Waals surface area contributed by atoms with Crippen molar-refractivity contribution in [3.63, 3.8) is 0 Å². The molecule has 110 valence electrons. The molecule has 3 nitrogen and oxygen atoms in total. The molecule has 0 aromatic heterocycles. The fourth-order valence-corrected chi connectivity index (χ4v) is 2.77. The molecule has 1 aliphatic rings. The summed E-state index contributed by atoms with van der Waals surface area (Å²) in [6.45, 7) is 1.94. The van der Waals surface area contributed by atoms with E-state index in [2.05, 4.69) is 0 Å². The molecule has 2 N–H and O–H groups in total. The maximum atomic E-state index is 10.5. The Kier molecular flexibility index (Phi) is 3.70. The van der Waals surface area contributed by atoms with Crippen LogP contribution in [-0.4, -0.2) is 16.8 Å². The highest BCUT2D eigenvalue weighted by atomic mass is 16.5. The molecule has 2 unspecified atom stereocenters. The van der Waals surface area contributed by atoms with Crippen LogP contribution in [0.5, 0.6) is 5.75 Å². The first-order chi connectivity index (χ1) is 10.1. The highest BCUT2D eigenvalue weighted by molar-refractivity contribution is 5.40. The normalized spacial score (nSPS) is 19.9. The Morgan fingerprint density at radius 3 is 2.71 bits per heavy atom. The zero-order chi connectivity index (χ0) is 14.9. The predicted octanol–water partition coefficient (Wildman–Crippen LogP) is 2.95. The predicted molar refractivity (Wildman–Crippen MR) is 81.2 cm³/mol. The molecule has 0 heterocycles. The van der Waals surface area contributed by atoms with Crippen LogP contribution in [0.4, 0.5) is 0 Å². The number of ether oxygens (including phenoxy) is 1. The Labute approximate surface area is 124 Å². The molecule has 21 heavy (non-hydrogen) atoms. The molecule has 0 amide bonds. The van der Waals surface area contributed by atoms with Gasteiger partial charge in [0, 0.05) is 0 Å². The van der Waals surface area contributed by atoms with Crippen molar-refractivity contribution in [3.8, 4) is 5.75 Å². The lowest BCUT2D eigenvalue weighted by Crippen LogP contribution is -2.29. The van der Waals surface area contributed by atoms with E-state index in [0.29, 0.717) is 0 Å². The molecule has 0 saturated carbocycles. The minimum Gasteiger partial charge on any atom is -0.490 e. The topological polar surface area (TPSA) is 49.7 Å². The van der Waals surface area contributed by atoms with Crippen LogP contribution in [0, 0.1) is 0 Å². The molecule has 3 heteroatoms. The highest BCUT2D eigenvalue weighted by Gasteiger charge is 2.25. The van der Waals surface area contributed by atoms with Crippen molar-refractivity contribution in [1.29, 1.82) is 0 Å². The first-order valence-electron chi connectivity index (χ1n) is 7.28. The molecule has 0 aliphatic heterocycles. The SMILES string of the molecule is CC(O)(COc1ccc2c(c1)CCC2O)c1ccccc1. The smallest absolute Gasteiger partial charge is 0.121 e. The van der Waals surface area contributed by atoms with Gasteiger partial charge in [0.25, 0.3) is 0 Å². The number of hydrogen-bond donors (Lipinski definition) is 2. The number of aliphatic hydroxyl groups excluding tert-OH is 1. The van der Waals surface area contributed by atoms with E-state index in [1.807, 2.05) is 48.5 Å². The highest BCUT2D eigenvalue weighted by Crippen LogP contribution is 2.33. The van der Waals surface area contributed by atoms with Gasteiger partial charge in [-0.05, 0) is 48.6 Å². The maximum absolute atomic E-state index is 10.5. The van der Waals surface area contributed by atoms with Gasteiger partial charge in [-0.25, -0.2) is 0 Å². The van der Waals surface area contributed by atoms with E-state index in [4.69, 9.17) is 4.74 Å². The quantitative estimate of drug-likeness (QED) is 0.907. The molecule has 0 bridgehead atoms. The van der Waals surface area contributed by atoms with Gasteiger partial charge < -0.3 is 14.9 Å². The minimum absolute atomic E-state index is 0.193. The van der Waals surface area contributed by atoms with Gasteiger partial charge in [-0.3, -0.25) is 0 Å². The van der Waals surface area contributed by atoms with E-state index in [1.165, 1.54) is 0 Å². The Morgan fingerprint density at radius 1 is 1.19 bits per heavy atom. The Balaban J connectivity index is 1.71. The first kappa shape index (κ1) is 14.1. The molecule has 2 aromatic rings. The third kappa shape index (κ3) is 2.94. The van der Waals surface area contributed by atoms with Crippen molar-refractivity contribution in [2.45, 2.75) is 31.5 Å². The summed E-state index contributed by atoms with van der Waals surface area (Å²) in [7, 11) is 0. The summed E-state index contributed by atoms with van der Waals surface area (Å²) in [5, 5.41) is 20.3. The lowest BCUT2D eigenvalue weighted by Gasteiger charge is -2.24. The van der Waals surface area contributed by atoms with Crippen LogP contribution in [0.25, 0.3) is 0 Å². The van der Waals surface area contributed by atoms with Crippen molar-refractivity contribution in [1.82, 2.24) is 0 Å². The number of aliphatic hydroxyl groups is 2. The molecule has 0 radical (unpaired) electrons. The van der Waals surface area contributed by atoms with E-state index >= 15 is 0 Å².